The lowest BCUT2D eigenvalue weighted by molar-refractivity contribution is 0.142. The maximum atomic E-state index is 11.5. The molecule has 0 unspecified atom stereocenters. The Morgan fingerprint density at radius 2 is 1.75 bits per heavy atom. The number of hydrogen-bond acceptors (Lipinski definition) is 7. The van der Waals surface area contributed by atoms with E-state index in [1.807, 2.05) is 22.9 Å². The van der Waals surface area contributed by atoms with Gasteiger partial charge in [-0.1, -0.05) is 6.07 Å². The molecule has 12 heteroatoms. The zero-order valence-electron chi connectivity index (χ0n) is 20.2. The van der Waals surface area contributed by atoms with E-state index in [0.29, 0.717) is 32.1 Å². The average Bonchev–Trinajstić information content (AvgIpc) is 3.29. The normalized spacial score (nSPS) is 21.0. The molecule has 0 radical (unpaired) electrons. The summed E-state index contributed by atoms with van der Waals surface area (Å²) in [5, 5.41) is 13.7. The first-order chi connectivity index (χ1) is 17.3. The van der Waals surface area contributed by atoms with Crippen molar-refractivity contribution in [3.05, 3.63) is 42.7 Å². The Morgan fingerprint density at radius 3 is 2.44 bits per heavy atom. The first kappa shape index (κ1) is 24.3. The van der Waals surface area contributed by atoms with Crippen molar-refractivity contribution in [2.24, 2.45) is 0 Å². The van der Waals surface area contributed by atoms with Gasteiger partial charge in [-0.2, -0.15) is 4.98 Å². The number of rotatable bonds is 6. The fourth-order valence-corrected chi connectivity index (χ4v) is 6.00. The monoisotopic (exact) mass is 513 g/mol. The van der Waals surface area contributed by atoms with Crippen molar-refractivity contribution in [1.29, 1.82) is 0 Å². The number of benzene rings is 1. The fourth-order valence-electron chi connectivity index (χ4n) is 5.16. The van der Waals surface area contributed by atoms with Gasteiger partial charge in [0.05, 0.1) is 11.8 Å². The number of piperazine rings is 1. The molecule has 3 heterocycles. The molecular weight excluding hydrogens is 482 g/mol. The van der Waals surface area contributed by atoms with Gasteiger partial charge in [0.25, 0.3) is 0 Å². The molecule has 1 saturated heterocycles. The van der Waals surface area contributed by atoms with Crippen molar-refractivity contribution in [3.8, 4) is 5.82 Å². The molecule has 2 aromatic heterocycles. The number of amides is 1. The van der Waals surface area contributed by atoms with Gasteiger partial charge in [0.2, 0.25) is 16.0 Å². The highest BCUT2D eigenvalue weighted by Crippen LogP contribution is 2.30. The molecule has 2 aliphatic rings. The number of sulfonamides is 1. The molecule has 36 heavy (non-hydrogen) atoms. The highest BCUT2D eigenvalue weighted by atomic mass is 32.2. The van der Waals surface area contributed by atoms with Gasteiger partial charge in [0, 0.05) is 61.7 Å². The van der Waals surface area contributed by atoms with Crippen LogP contribution in [0.15, 0.2) is 42.7 Å². The van der Waals surface area contributed by atoms with Crippen LogP contribution in [0.2, 0.25) is 0 Å². The number of anilines is 2. The Balaban J connectivity index is 1.30. The van der Waals surface area contributed by atoms with Gasteiger partial charge in [0.15, 0.2) is 0 Å². The lowest BCUT2D eigenvalue weighted by atomic mass is 9.92. The molecule has 0 spiro atoms. The van der Waals surface area contributed by atoms with Gasteiger partial charge >= 0.3 is 6.09 Å². The smallest absolute Gasteiger partial charge is 0.407 e. The SMILES string of the molecule is CS(=O)(=O)NC1CCC(Nc2nccc(-n3ccc4c(N5CCN(C(=O)O)CC5)cccc43)n2)CC1. The van der Waals surface area contributed by atoms with E-state index in [1.165, 1.54) is 11.2 Å². The maximum absolute atomic E-state index is 11.5. The fraction of sp³-hybridized carbons (Fsp3) is 0.458. The van der Waals surface area contributed by atoms with Crippen LogP contribution < -0.4 is 14.9 Å². The van der Waals surface area contributed by atoms with E-state index >= 15 is 0 Å². The minimum Gasteiger partial charge on any atom is -0.465 e. The molecule has 11 nitrogen and oxygen atoms in total. The summed E-state index contributed by atoms with van der Waals surface area (Å²) in [7, 11) is -3.19. The van der Waals surface area contributed by atoms with Crippen LogP contribution in [0.3, 0.4) is 0 Å². The van der Waals surface area contributed by atoms with E-state index in [2.05, 4.69) is 38.1 Å². The van der Waals surface area contributed by atoms with E-state index in [-0.39, 0.29) is 12.1 Å². The van der Waals surface area contributed by atoms with Crippen molar-refractivity contribution in [1.82, 2.24) is 24.2 Å². The molecule has 2 fully saturated rings. The molecule has 1 aliphatic carbocycles. The topological polar surface area (TPSA) is 133 Å². The number of carboxylic acid groups (broad SMARTS) is 1. The van der Waals surface area contributed by atoms with E-state index in [0.717, 1.165) is 48.1 Å². The van der Waals surface area contributed by atoms with E-state index in [1.54, 1.807) is 6.20 Å². The second-order valence-corrected chi connectivity index (χ2v) is 11.3. The summed E-state index contributed by atoms with van der Waals surface area (Å²) < 4.78 is 27.7. The van der Waals surface area contributed by atoms with Gasteiger partial charge in [0.1, 0.15) is 5.82 Å². The predicted octanol–water partition coefficient (Wildman–Crippen LogP) is 2.49. The Labute approximate surface area is 210 Å². The lowest BCUT2D eigenvalue weighted by Gasteiger charge is -2.35. The Bertz CT molecular complexity index is 1340. The van der Waals surface area contributed by atoms with E-state index in [9.17, 15) is 18.3 Å². The molecule has 0 atom stereocenters. The number of hydrogen-bond donors (Lipinski definition) is 3. The summed E-state index contributed by atoms with van der Waals surface area (Å²) in [6, 6.07) is 10.3. The largest absolute Gasteiger partial charge is 0.465 e. The van der Waals surface area contributed by atoms with Crippen LogP contribution >= 0.6 is 0 Å². The summed E-state index contributed by atoms with van der Waals surface area (Å²) in [5.41, 5.74) is 2.10. The van der Waals surface area contributed by atoms with Crippen LogP contribution in [0.4, 0.5) is 16.4 Å². The molecule has 0 bridgehead atoms. The molecule has 1 saturated carbocycles. The van der Waals surface area contributed by atoms with Gasteiger partial charge in [-0.25, -0.2) is 22.9 Å². The number of nitrogens with zero attached hydrogens (tertiary/aromatic N) is 5. The highest BCUT2D eigenvalue weighted by Gasteiger charge is 2.24. The number of aromatic nitrogens is 3. The maximum Gasteiger partial charge on any atom is 0.407 e. The van der Waals surface area contributed by atoms with E-state index in [4.69, 9.17) is 4.98 Å². The first-order valence-electron chi connectivity index (χ1n) is 12.2. The molecule has 1 amide bonds. The average molecular weight is 514 g/mol. The van der Waals surface area contributed by atoms with Crippen molar-refractivity contribution in [3.63, 3.8) is 0 Å². The van der Waals surface area contributed by atoms with Crippen molar-refractivity contribution in [2.45, 2.75) is 37.8 Å². The third-order valence-corrected chi connectivity index (χ3v) is 7.69. The van der Waals surface area contributed by atoms with Crippen molar-refractivity contribution < 1.29 is 18.3 Å². The minimum absolute atomic E-state index is 0.0159. The third-order valence-electron chi connectivity index (χ3n) is 6.93. The molecule has 3 aromatic rings. The van der Waals surface area contributed by atoms with Gasteiger partial charge in [-0.15, -0.1) is 0 Å². The Morgan fingerprint density at radius 1 is 1.03 bits per heavy atom. The van der Waals surface area contributed by atoms with Crippen LogP contribution in [0.25, 0.3) is 16.7 Å². The molecule has 192 valence electrons. The van der Waals surface area contributed by atoms with Crippen LogP contribution in [0, 0.1) is 0 Å². The van der Waals surface area contributed by atoms with Gasteiger partial charge in [-0.05, 0) is 49.9 Å². The predicted molar refractivity (Wildman–Crippen MR) is 138 cm³/mol. The second-order valence-electron chi connectivity index (χ2n) is 9.47. The van der Waals surface area contributed by atoms with Gasteiger partial charge in [-0.3, -0.25) is 0 Å². The Hall–Kier alpha value is -3.38. The molecule has 1 aliphatic heterocycles. The lowest BCUT2D eigenvalue weighted by Crippen LogP contribution is -2.48. The van der Waals surface area contributed by atoms with E-state index < -0.39 is 16.1 Å². The van der Waals surface area contributed by atoms with Crippen molar-refractivity contribution in [2.75, 3.05) is 42.7 Å². The zero-order valence-corrected chi connectivity index (χ0v) is 21.0. The summed E-state index contributed by atoms with van der Waals surface area (Å²) in [6.07, 6.45) is 7.29. The van der Waals surface area contributed by atoms with Gasteiger partial charge < -0.3 is 24.8 Å². The summed E-state index contributed by atoms with van der Waals surface area (Å²) in [6.45, 7) is 2.28. The summed E-state index contributed by atoms with van der Waals surface area (Å²) >= 11 is 0. The zero-order chi connectivity index (χ0) is 25.3. The third kappa shape index (κ3) is 5.39. The summed E-state index contributed by atoms with van der Waals surface area (Å²) in [5.74, 6) is 1.30. The van der Waals surface area contributed by atoms with Crippen LogP contribution in [-0.2, 0) is 10.0 Å². The molecule has 5 rings (SSSR count). The molecular formula is C24H31N7O4S. The standard InChI is InChI=1S/C24H31N7O4S/c1-36(34,35)28-18-7-5-17(6-8-18)26-23-25-11-9-22(27-23)31-12-10-19-20(3-2-4-21(19)31)29-13-15-30(16-14-29)24(32)33/h2-4,9-12,17-18,28H,5-8,13-16H2,1H3,(H,32,33)(H,25,26,27). The Kier molecular flexibility index (Phi) is 6.71. The molecule has 1 aromatic carbocycles. The van der Waals surface area contributed by atoms with Crippen molar-refractivity contribution >= 4 is 38.7 Å². The molecule has 3 N–H and O–H groups in total. The summed E-state index contributed by atoms with van der Waals surface area (Å²) in [4.78, 5) is 24.1. The number of carbonyl (C=O) groups is 1. The second kappa shape index (κ2) is 9.94. The quantitative estimate of drug-likeness (QED) is 0.458. The van der Waals surface area contributed by atoms with Crippen LogP contribution in [-0.4, -0.2) is 83.6 Å². The number of fused-ring (bicyclic) bond motifs is 1. The minimum atomic E-state index is -3.19. The van der Waals surface area contributed by atoms with Crippen LogP contribution in [0.1, 0.15) is 25.7 Å². The van der Waals surface area contributed by atoms with Crippen LogP contribution in [0.5, 0.6) is 0 Å². The highest BCUT2D eigenvalue weighted by molar-refractivity contribution is 7.88. The number of nitrogens with one attached hydrogen (secondary N) is 2. The first-order valence-corrected chi connectivity index (χ1v) is 14.1.